The second-order valence-corrected chi connectivity index (χ2v) is 24.6. The number of amides is 11. The molecule has 0 bridgehead atoms. The Balaban J connectivity index is 1.91. The third-order valence-electron chi connectivity index (χ3n) is 17.7. The van der Waals surface area contributed by atoms with Gasteiger partial charge in [0.25, 0.3) is 0 Å². The molecule has 522 valence electrons. The number of hydrogen-bond acceptors (Lipinski definition) is 16. The third kappa shape index (κ3) is 24.0. The smallest absolute Gasteiger partial charge is 0.329 e. The number of carbonyl (C=O) groups excluding carboxylic acids is 12. The number of alkyl halides is 2. The Bertz CT molecular complexity index is 2710. The van der Waals surface area contributed by atoms with E-state index >= 15 is 0 Å². The highest BCUT2D eigenvalue weighted by molar-refractivity contribution is 6.01. The molecule has 1 aromatic carbocycles. The van der Waals surface area contributed by atoms with Crippen LogP contribution in [-0.2, 0) is 68.7 Å². The molecule has 17 atom stereocenters. The second-order valence-electron chi connectivity index (χ2n) is 24.6. The molecule has 2 fully saturated rings. The minimum absolute atomic E-state index is 0.0216. The van der Waals surface area contributed by atoms with E-state index in [1.165, 1.54) is 6.92 Å². The molecule has 1 spiro atoms. The molecule has 0 aromatic heterocycles. The summed E-state index contributed by atoms with van der Waals surface area (Å²) in [5, 5.41) is 49.6. The largest absolute Gasteiger partial charge is 0.458 e. The summed E-state index contributed by atoms with van der Waals surface area (Å²) in [5.74, 6) is -14.9. The summed E-state index contributed by atoms with van der Waals surface area (Å²) >= 11 is 0. The predicted molar refractivity (Wildman–Crippen MR) is 339 cm³/mol. The Kier molecular flexibility index (Phi) is 33.5. The zero-order chi connectivity index (χ0) is 69.9. The van der Waals surface area contributed by atoms with Crippen molar-refractivity contribution in [3.8, 4) is 0 Å². The second kappa shape index (κ2) is 39.1. The van der Waals surface area contributed by atoms with Crippen LogP contribution in [0.5, 0.6) is 0 Å². The molecular formula is C64H102F2N12O15. The summed E-state index contributed by atoms with van der Waals surface area (Å²) in [5.41, 5.74) is 4.46. The highest BCUT2D eigenvalue weighted by Crippen LogP contribution is 2.48. The summed E-state index contributed by atoms with van der Waals surface area (Å²) in [4.78, 5) is 168. The number of likely N-dealkylation sites (N-methyl/N-ethyl adjacent to an activating group) is 1. The molecule has 3 rings (SSSR count). The number of halogens is 2. The number of cyclic esters (lactones) is 1. The number of carbonyl (C=O) groups is 12. The molecule has 1 aromatic rings. The van der Waals surface area contributed by atoms with Crippen molar-refractivity contribution in [2.24, 2.45) is 35.3 Å². The first-order valence-corrected chi connectivity index (χ1v) is 32.4. The lowest BCUT2D eigenvalue weighted by Crippen LogP contribution is -2.63. The number of nitrogens with one attached hydrogen (secondary N) is 11. The van der Waals surface area contributed by atoms with Gasteiger partial charge in [0.15, 0.2) is 0 Å². The Hall–Kier alpha value is -7.66. The van der Waals surface area contributed by atoms with Gasteiger partial charge in [0.1, 0.15) is 66.0 Å². The van der Waals surface area contributed by atoms with Gasteiger partial charge in [0.2, 0.25) is 71.4 Å². The summed E-state index contributed by atoms with van der Waals surface area (Å²) in [6.45, 7) is 16.3. The number of nitrogens with two attached hydrogens (primary N) is 1. The third-order valence-corrected chi connectivity index (χ3v) is 17.7. The van der Waals surface area contributed by atoms with Crippen LogP contribution in [0.15, 0.2) is 43.0 Å². The van der Waals surface area contributed by atoms with Crippen LogP contribution in [0.4, 0.5) is 8.78 Å². The first kappa shape index (κ1) is 79.6. The van der Waals surface area contributed by atoms with Crippen molar-refractivity contribution in [1.29, 1.82) is 0 Å². The minimum atomic E-state index is -2.84. The van der Waals surface area contributed by atoms with Crippen LogP contribution in [0.1, 0.15) is 151 Å². The lowest BCUT2D eigenvalue weighted by molar-refractivity contribution is -0.157. The molecule has 11 amide bonds. The van der Waals surface area contributed by atoms with E-state index in [9.17, 15) is 76.5 Å². The molecule has 2 unspecified atom stereocenters. The zero-order valence-corrected chi connectivity index (χ0v) is 55.3. The summed E-state index contributed by atoms with van der Waals surface area (Å²) in [6, 6.07) is -5.61. The van der Waals surface area contributed by atoms with Crippen molar-refractivity contribution in [2.75, 3.05) is 20.3 Å². The number of primary amides is 1. The quantitative estimate of drug-likeness (QED) is 0.0239. The Morgan fingerprint density at radius 1 is 0.688 bits per heavy atom. The van der Waals surface area contributed by atoms with Gasteiger partial charge in [-0.25, -0.2) is 13.6 Å². The molecule has 29 heteroatoms. The minimum Gasteiger partial charge on any atom is -0.458 e. The van der Waals surface area contributed by atoms with Crippen LogP contribution in [0.3, 0.4) is 0 Å². The monoisotopic (exact) mass is 1320 g/mol. The molecule has 1 heterocycles. The first-order chi connectivity index (χ1) is 44.0. The van der Waals surface area contributed by atoms with Crippen LogP contribution < -0.4 is 64.2 Å². The average molecular weight is 1320 g/mol. The number of ether oxygens (including phenoxy) is 1. The Morgan fingerprint density at radius 3 is 1.69 bits per heavy atom. The topological polar surface area (TPSA) is 413 Å². The fraction of sp³-hybridized carbons (Fsp3) is 0.688. The summed E-state index contributed by atoms with van der Waals surface area (Å²) in [6.07, 6.45) is -0.856. The van der Waals surface area contributed by atoms with Crippen LogP contribution in [-0.4, -0.2) is 180 Å². The number of rotatable bonds is 38. The fourth-order valence-electron chi connectivity index (χ4n) is 10.7. The average Bonchev–Trinajstić information content (AvgIpc) is 1.58. The molecule has 2 aliphatic rings. The van der Waals surface area contributed by atoms with Crippen molar-refractivity contribution in [3.63, 3.8) is 0 Å². The molecule has 1 saturated heterocycles. The van der Waals surface area contributed by atoms with E-state index in [2.05, 4.69) is 65.1 Å². The Labute approximate surface area is 543 Å². The van der Waals surface area contributed by atoms with Gasteiger partial charge in [0.05, 0.1) is 19.3 Å². The van der Waals surface area contributed by atoms with Gasteiger partial charge in [-0.2, -0.15) is 0 Å². The van der Waals surface area contributed by atoms with Crippen LogP contribution >= 0.6 is 0 Å². The molecular weight excluding hydrogens is 1210 g/mol. The predicted octanol–water partition coefficient (Wildman–Crippen LogP) is 0.227. The van der Waals surface area contributed by atoms with Gasteiger partial charge in [-0.05, 0) is 87.6 Å². The van der Waals surface area contributed by atoms with Gasteiger partial charge in [-0.15, -0.1) is 6.58 Å². The molecule has 1 aliphatic carbocycles. The summed E-state index contributed by atoms with van der Waals surface area (Å²) in [7, 11) is 1.59. The highest BCUT2D eigenvalue weighted by Gasteiger charge is 2.62. The van der Waals surface area contributed by atoms with E-state index in [1.54, 1.807) is 68.5 Å². The van der Waals surface area contributed by atoms with Gasteiger partial charge in [-0.1, -0.05) is 130 Å². The molecule has 15 N–H and O–H groups in total. The van der Waals surface area contributed by atoms with E-state index in [0.717, 1.165) is 5.56 Å². The van der Waals surface area contributed by atoms with Gasteiger partial charge in [-0.3, -0.25) is 52.7 Å². The zero-order valence-electron chi connectivity index (χ0n) is 55.3. The number of hydrogen-bond donors (Lipinski definition) is 14. The van der Waals surface area contributed by atoms with E-state index < -0.39 is 212 Å². The Morgan fingerprint density at radius 2 is 1.19 bits per heavy atom. The van der Waals surface area contributed by atoms with Gasteiger partial charge >= 0.3 is 5.97 Å². The number of unbranched alkanes of at least 4 members (excludes halogenated alkanes) is 3. The molecule has 93 heavy (non-hydrogen) atoms. The van der Waals surface area contributed by atoms with E-state index in [1.807, 2.05) is 30.3 Å². The van der Waals surface area contributed by atoms with Crippen LogP contribution in [0, 0.1) is 29.6 Å². The van der Waals surface area contributed by atoms with E-state index in [-0.39, 0.29) is 32.1 Å². The molecule has 0 radical (unpaired) electrons. The molecule has 1 saturated carbocycles. The lowest BCUT2D eigenvalue weighted by atomic mass is 9.94. The fourth-order valence-corrected chi connectivity index (χ4v) is 10.7. The standard InChI is InChI=1S/C64H102F2N12O15/c1-12-17-18-19-23-26-41-57(86)78-64(31-40(64)30-46(65)66)63(92)77-51(37(9)16-5)62(91)93-38(10)52(61(90)70-41)76-56(85)45(33-80)72-59(88)49(35(7)14-3)75-60(89)50(36(8)15-4)73-53(82)42(27-28-47(67)81)69-55(84)44(32-79)71-58(87)48(34(6)13-2)74-54(83)43(68-11)29-39-24-21-20-22-25-39/h12,20-22,24-25,34-38,40-46,48-52,68,79-80H,1,13-19,23,26-33H2,2-11H3,(H2,67,81)(H,69,84)(H,70,90)(H,71,87)(H,72,88)(H,73,82)(H,74,83)(H,75,89)(H,76,85)(H,77,92)(H,78,86)/t34-,35-,36-,37-,38-,40?,41-,42+,43+,44-,45-,48-,49-,50+,51-,52+,64?/m0/s1. The van der Waals surface area contributed by atoms with Gasteiger partial charge in [0, 0.05) is 12.8 Å². The van der Waals surface area contributed by atoms with Crippen molar-refractivity contribution in [2.45, 2.75) is 231 Å². The van der Waals surface area contributed by atoms with Crippen molar-refractivity contribution in [1.82, 2.24) is 58.5 Å². The SMILES string of the molecule is C=CCCCCC[C@@H]1NC(=O)[C@H](NC(=O)[C@H](CO)NC(=O)[C@@H](NC(=O)[C@H](NC(=O)[C@@H](CCC(N)=O)NC(=O)[C@H](CO)NC(=O)[C@@H](NC(=O)[C@@H](Cc2ccccc2)NC)[C@@H](C)CC)[C@@H](C)CC)[C@@H](C)CC)[C@H](C)OC(=O)[C@H]([C@@H](C)CC)NC(=O)C2(CC2CC(F)F)NC1=O. The number of aliphatic hydroxyl groups is 2. The van der Waals surface area contributed by atoms with Crippen LogP contribution in [0.25, 0.3) is 0 Å². The molecule has 27 nitrogen and oxygen atoms in total. The number of aliphatic hydroxyl groups excluding tert-OH is 2. The maximum absolute atomic E-state index is 14.5. The normalized spacial score (nSPS) is 22.7. The molecule has 1 aliphatic heterocycles. The number of benzene rings is 1. The maximum Gasteiger partial charge on any atom is 0.329 e. The summed E-state index contributed by atoms with van der Waals surface area (Å²) < 4.78 is 33.4. The number of allylic oxidation sites excluding steroid dienone is 1. The van der Waals surface area contributed by atoms with Crippen LogP contribution in [0.2, 0.25) is 0 Å². The lowest BCUT2D eigenvalue weighted by Gasteiger charge is -2.31. The number of esters is 1. The van der Waals surface area contributed by atoms with E-state index in [4.69, 9.17) is 10.5 Å². The van der Waals surface area contributed by atoms with Gasteiger partial charge < -0.3 is 79.2 Å². The maximum atomic E-state index is 14.5. The first-order valence-electron chi connectivity index (χ1n) is 32.4. The van der Waals surface area contributed by atoms with E-state index in [0.29, 0.717) is 38.5 Å². The highest BCUT2D eigenvalue weighted by atomic mass is 19.3. The van der Waals surface area contributed by atoms with Crippen molar-refractivity contribution < 1.29 is 81.3 Å². The van der Waals surface area contributed by atoms with Crippen molar-refractivity contribution >= 4 is 70.9 Å². The van der Waals surface area contributed by atoms with Crippen molar-refractivity contribution in [3.05, 3.63) is 48.6 Å².